The van der Waals surface area contributed by atoms with Crippen LogP contribution in [0.25, 0.3) is 0 Å². The summed E-state index contributed by atoms with van der Waals surface area (Å²) in [4.78, 5) is 24.4. The molecule has 3 fully saturated rings. The lowest BCUT2D eigenvalue weighted by molar-refractivity contribution is 0.0209. The molecule has 1 amide bonds. The van der Waals surface area contributed by atoms with Crippen molar-refractivity contribution in [3.63, 3.8) is 0 Å². The lowest BCUT2D eigenvalue weighted by Gasteiger charge is -2.43. The third kappa shape index (κ3) is 4.78. The van der Waals surface area contributed by atoms with E-state index in [-0.39, 0.29) is 18.2 Å². The molecule has 1 aromatic heterocycles. The normalized spacial score (nSPS) is 26.4. The molecule has 0 spiro atoms. The van der Waals surface area contributed by atoms with E-state index in [0.717, 1.165) is 55.7 Å². The van der Waals surface area contributed by atoms with Gasteiger partial charge in [0.15, 0.2) is 0 Å². The number of nitriles is 1. The van der Waals surface area contributed by atoms with E-state index in [2.05, 4.69) is 28.2 Å². The van der Waals surface area contributed by atoms with Crippen LogP contribution in [0.2, 0.25) is 0 Å². The van der Waals surface area contributed by atoms with Crippen molar-refractivity contribution >= 4 is 11.9 Å². The van der Waals surface area contributed by atoms with Crippen LogP contribution in [0.5, 0.6) is 5.88 Å². The second-order valence-electron chi connectivity index (χ2n) is 11.4. The van der Waals surface area contributed by atoms with Crippen molar-refractivity contribution < 1.29 is 14.3 Å². The van der Waals surface area contributed by atoms with E-state index in [4.69, 9.17) is 14.5 Å². The first-order valence-electron chi connectivity index (χ1n) is 13.0. The Kier molecular flexibility index (Phi) is 6.53. The molecule has 0 radical (unpaired) electrons. The minimum Gasteiger partial charge on any atom is -0.475 e. The molecule has 1 N–H and O–H groups in total. The van der Waals surface area contributed by atoms with Crippen LogP contribution < -0.4 is 15.0 Å². The van der Waals surface area contributed by atoms with Crippen LogP contribution in [-0.4, -0.2) is 84.4 Å². The van der Waals surface area contributed by atoms with Crippen molar-refractivity contribution in [1.29, 1.82) is 5.26 Å². The fraction of sp³-hybridized carbons (Fsp3) is 0.731. The molecule has 1 aromatic rings. The summed E-state index contributed by atoms with van der Waals surface area (Å²) in [5.41, 5.74) is 2.24. The van der Waals surface area contributed by atoms with Crippen LogP contribution >= 0.6 is 0 Å². The summed E-state index contributed by atoms with van der Waals surface area (Å²) in [6.07, 6.45) is 4.91. The average molecular weight is 483 g/mol. The van der Waals surface area contributed by atoms with E-state index in [1.165, 1.54) is 6.42 Å². The molecule has 5 heterocycles. The maximum absolute atomic E-state index is 12.8. The van der Waals surface area contributed by atoms with Crippen molar-refractivity contribution in [2.45, 2.75) is 83.1 Å². The number of piperazine rings is 1. The summed E-state index contributed by atoms with van der Waals surface area (Å²) in [5.74, 6) is 1.41. The Hall–Kier alpha value is -2.57. The molecule has 9 nitrogen and oxygen atoms in total. The van der Waals surface area contributed by atoms with Crippen molar-refractivity contribution in [2.75, 3.05) is 44.7 Å². The number of ether oxygens (including phenoxy) is 2. The number of pyridine rings is 1. The maximum Gasteiger partial charge on any atom is 0.410 e. The second kappa shape index (κ2) is 9.47. The molecule has 4 aliphatic heterocycles. The van der Waals surface area contributed by atoms with Crippen LogP contribution in [0.3, 0.4) is 0 Å². The predicted molar refractivity (Wildman–Crippen MR) is 133 cm³/mol. The topological polar surface area (TPSA) is 94.0 Å². The smallest absolute Gasteiger partial charge is 0.410 e. The average Bonchev–Trinajstić information content (AvgIpc) is 3.34. The molecule has 0 unspecified atom stereocenters. The van der Waals surface area contributed by atoms with Gasteiger partial charge in [-0.1, -0.05) is 0 Å². The number of hydrogen-bond acceptors (Lipinski definition) is 8. The zero-order valence-corrected chi connectivity index (χ0v) is 21.5. The largest absolute Gasteiger partial charge is 0.475 e. The second-order valence-corrected chi connectivity index (χ2v) is 11.4. The quantitative estimate of drug-likeness (QED) is 0.700. The number of aromatic nitrogens is 1. The number of nitrogens with zero attached hydrogens (tertiary/aromatic N) is 5. The molecule has 0 aliphatic carbocycles. The molecule has 4 aliphatic rings. The molecule has 3 saturated heterocycles. The lowest BCUT2D eigenvalue weighted by atomic mass is 9.96. The van der Waals surface area contributed by atoms with Gasteiger partial charge in [0.05, 0.1) is 0 Å². The number of anilines is 1. The number of rotatable bonds is 4. The monoisotopic (exact) mass is 482 g/mol. The summed E-state index contributed by atoms with van der Waals surface area (Å²) < 4.78 is 11.9. The van der Waals surface area contributed by atoms with Gasteiger partial charge in [-0.25, -0.2) is 4.79 Å². The van der Waals surface area contributed by atoms with Crippen molar-refractivity contribution in [2.24, 2.45) is 0 Å². The van der Waals surface area contributed by atoms with Gasteiger partial charge < -0.3 is 29.5 Å². The number of amides is 1. The summed E-state index contributed by atoms with van der Waals surface area (Å²) in [6, 6.07) is 3.13. The molecule has 2 bridgehead atoms. The van der Waals surface area contributed by atoms with Gasteiger partial charge in [0, 0.05) is 43.3 Å². The highest BCUT2D eigenvalue weighted by Gasteiger charge is 2.44. The van der Waals surface area contributed by atoms with Gasteiger partial charge in [-0.05, 0) is 78.6 Å². The van der Waals surface area contributed by atoms with E-state index < -0.39 is 5.60 Å². The summed E-state index contributed by atoms with van der Waals surface area (Å²) >= 11 is 0. The fourth-order valence-corrected chi connectivity index (χ4v) is 6.04. The van der Waals surface area contributed by atoms with Crippen molar-refractivity contribution in [3.8, 4) is 11.9 Å². The Labute approximate surface area is 208 Å². The first-order chi connectivity index (χ1) is 16.7. The van der Waals surface area contributed by atoms with Crippen LogP contribution in [0.4, 0.5) is 10.6 Å². The number of nitrogens with one attached hydrogen (secondary N) is 1. The van der Waals surface area contributed by atoms with Crippen molar-refractivity contribution in [1.82, 2.24) is 20.1 Å². The molecule has 9 heteroatoms. The van der Waals surface area contributed by atoms with Gasteiger partial charge in [0.25, 0.3) is 0 Å². The van der Waals surface area contributed by atoms with Gasteiger partial charge in [-0.2, -0.15) is 10.2 Å². The number of hydrogen-bond donors (Lipinski definition) is 1. The van der Waals surface area contributed by atoms with Gasteiger partial charge in [-0.15, -0.1) is 0 Å². The van der Waals surface area contributed by atoms with Crippen LogP contribution in [-0.2, 0) is 17.7 Å². The van der Waals surface area contributed by atoms with Gasteiger partial charge in [0.2, 0.25) is 5.88 Å². The minimum absolute atomic E-state index is 0.189. The first-order valence-corrected chi connectivity index (χ1v) is 13.0. The number of likely N-dealkylation sites (tertiary alicyclic amines) is 2. The van der Waals surface area contributed by atoms with Gasteiger partial charge in [-0.3, -0.25) is 0 Å². The Morgan fingerprint density at radius 1 is 1.20 bits per heavy atom. The molecular weight excluding hydrogens is 444 g/mol. The third-order valence-electron chi connectivity index (χ3n) is 7.79. The summed E-state index contributed by atoms with van der Waals surface area (Å²) in [7, 11) is 2.13. The molecule has 5 rings (SSSR count). The van der Waals surface area contributed by atoms with E-state index in [9.17, 15) is 10.1 Å². The van der Waals surface area contributed by atoms with Crippen LogP contribution in [0.1, 0.15) is 63.1 Å². The van der Waals surface area contributed by atoms with E-state index in [1.807, 2.05) is 25.7 Å². The Morgan fingerprint density at radius 3 is 2.57 bits per heavy atom. The molecule has 3 atom stereocenters. The predicted octanol–water partition coefficient (Wildman–Crippen LogP) is 2.66. The number of fused-ring (bicyclic) bond motifs is 3. The standard InChI is InChI=1S/C26H38N6O3/c1-26(2,3)35-25(33)31-14-17-7-8-18(15-31)32(17)23-20-9-10-28-13-22(20)21(12-27)24(29-23)34-16-19-6-5-11-30(19)4/h17-19,28H,5-11,13-16H2,1-4H3/t17-,18+,19-/m0/s1. The number of carbonyl (C=O) groups is 1. The highest BCUT2D eigenvalue weighted by Crippen LogP contribution is 2.40. The zero-order chi connectivity index (χ0) is 24.7. The SMILES string of the molecule is CN1CCC[C@H]1COc1nc(N2[C@@H]3CC[C@H]2CN(C(=O)OC(C)(C)C)C3)c2c(c1C#N)CNCC2. The van der Waals surface area contributed by atoms with Gasteiger partial charge in [0.1, 0.15) is 29.7 Å². The molecule has 35 heavy (non-hydrogen) atoms. The fourth-order valence-electron chi connectivity index (χ4n) is 6.04. The third-order valence-corrected chi connectivity index (χ3v) is 7.79. The van der Waals surface area contributed by atoms with E-state index in [0.29, 0.717) is 43.7 Å². The molecule has 190 valence electrons. The maximum atomic E-state index is 12.8. The van der Waals surface area contributed by atoms with E-state index in [1.54, 1.807) is 0 Å². The molecular formula is C26H38N6O3. The summed E-state index contributed by atoms with van der Waals surface area (Å²) in [5, 5.41) is 13.5. The number of carbonyl (C=O) groups excluding carboxylic acids is 1. The highest BCUT2D eigenvalue weighted by molar-refractivity contribution is 5.70. The molecule has 0 saturated carbocycles. The van der Waals surface area contributed by atoms with Crippen LogP contribution in [0.15, 0.2) is 0 Å². The van der Waals surface area contributed by atoms with Crippen LogP contribution in [0, 0.1) is 11.3 Å². The number of likely N-dealkylation sites (N-methyl/N-ethyl adjacent to an activating group) is 1. The summed E-state index contributed by atoms with van der Waals surface area (Å²) in [6.45, 7) is 10.1. The minimum atomic E-state index is -0.506. The Bertz CT molecular complexity index is 1000. The van der Waals surface area contributed by atoms with E-state index >= 15 is 0 Å². The van der Waals surface area contributed by atoms with Gasteiger partial charge >= 0.3 is 6.09 Å². The Morgan fingerprint density at radius 2 is 1.94 bits per heavy atom. The highest BCUT2D eigenvalue weighted by atomic mass is 16.6. The van der Waals surface area contributed by atoms with Crippen molar-refractivity contribution in [3.05, 3.63) is 16.7 Å². The zero-order valence-electron chi connectivity index (χ0n) is 21.5. The lowest BCUT2D eigenvalue weighted by Crippen LogP contribution is -2.56. The first kappa shape index (κ1) is 24.1. The Balaban J connectivity index is 1.43. The molecule has 0 aromatic carbocycles.